The van der Waals surface area contributed by atoms with Gasteiger partial charge in [0.1, 0.15) is 10.8 Å². The fraction of sp³-hybridized carbons (Fsp3) is 0. The lowest BCUT2D eigenvalue weighted by Crippen LogP contribution is -2.24. The molecule has 0 spiro atoms. The number of carbonyl (C=O) groups excluding carboxylic acids is 1. The molecule has 0 bridgehead atoms. The van der Waals surface area contributed by atoms with Crippen LogP contribution in [0.4, 0.5) is 0 Å². The number of nitrogens with zero attached hydrogens (tertiary/aromatic N) is 1. The van der Waals surface area contributed by atoms with Gasteiger partial charge >= 0.3 is 0 Å². The standard InChI is InChI=1S/C6H2Cl3NO2/c7-2-1-3(8)5(9)10-4(2)6(11)12/h1H,(H,11,12)/p-1. The first kappa shape index (κ1) is 9.58. The van der Waals surface area contributed by atoms with Crippen molar-refractivity contribution in [3.05, 3.63) is 27.0 Å². The number of carboxylic acid groups (broad SMARTS) is 1. The zero-order valence-electron chi connectivity index (χ0n) is 5.47. The van der Waals surface area contributed by atoms with Crippen LogP contribution < -0.4 is 5.11 Å². The van der Waals surface area contributed by atoms with Gasteiger partial charge in [-0.05, 0) is 6.07 Å². The molecule has 0 aliphatic carbocycles. The summed E-state index contributed by atoms with van der Waals surface area (Å²) >= 11 is 16.4. The molecule has 1 aromatic rings. The number of hydrogen-bond acceptors (Lipinski definition) is 3. The van der Waals surface area contributed by atoms with Crippen LogP contribution in [-0.2, 0) is 0 Å². The first-order chi connectivity index (χ1) is 5.52. The van der Waals surface area contributed by atoms with Crippen molar-refractivity contribution in [3.8, 4) is 0 Å². The summed E-state index contributed by atoms with van der Waals surface area (Å²) in [4.78, 5) is 13.7. The third kappa shape index (κ3) is 1.80. The predicted octanol–water partition coefficient (Wildman–Crippen LogP) is 1.41. The van der Waals surface area contributed by atoms with Crippen molar-refractivity contribution < 1.29 is 9.90 Å². The van der Waals surface area contributed by atoms with Crippen LogP contribution in [0.3, 0.4) is 0 Å². The van der Waals surface area contributed by atoms with E-state index in [1.807, 2.05) is 0 Å². The van der Waals surface area contributed by atoms with Crippen LogP contribution >= 0.6 is 34.8 Å². The molecule has 1 heterocycles. The summed E-state index contributed by atoms with van der Waals surface area (Å²) in [6.45, 7) is 0. The molecule has 0 aliphatic rings. The van der Waals surface area contributed by atoms with E-state index in [-0.39, 0.29) is 15.2 Å². The van der Waals surface area contributed by atoms with Crippen molar-refractivity contribution in [1.82, 2.24) is 4.98 Å². The number of hydrogen-bond donors (Lipinski definition) is 0. The first-order valence-corrected chi connectivity index (χ1v) is 3.88. The summed E-state index contributed by atoms with van der Waals surface area (Å²) < 4.78 is 0. The molecular weight excluding hydrogens is 224 g/mol. The van der Waals surface area contributed by atoms with Gasteiger partial charge in [0.2, 0.25) is 0 Å². The van der Waals surface area contributed by atoms with Crippen LogP contribution in [0.2, 0.25) is 15.2 Å². The Kier molecular flexibility index (Phi) is 2.77. The van der Waals surface area contributed by atoms with Crippen molar-refractivity contribution in [2.45, 2.75) is 0 Å². The minimum Gasteiger partial charge on any atom is -0.543 e. The first-order valence-electron chi connectivity index (χ1n) is 2.75. The molecule has 64 valence electrons. The second kappa shape index (κ2) is 3.47. The van der Waals surface area contributed by atoms with Gasteiger partial charge in [0.15, 0.2) is 0 Å². The largest absolute Gasteiger partial charge is 0.543 e. The summed E-state index contributed by atoms with van der Waals surface area (Å²) in [5, 5.41) is 10.2. The van der Waals surface area contributed by atoms with Crippen LogP contribution in [0.5, 0.6) is 0 Å². The molecule has 0 fully saturated rings. The molecule has 0 aliphatic heterocycles. The maximum atomic E-state index is 10.3. The lowest BCUT2D eigenvalue weighted by atomic mass is 10.3. The molecule has 0 amide bonds. The van der Waals surface area contributed by atoms with E-state index in [9.17, 15) is 9.90 Å². The highest BCUT2D eigenvalue weighted by Crippen LogP contribution is 2.25. The second-order valence-corrected chi connectivity index (χ2v) is 3.05. The Morgan fingerprint density at radius 2 is 1.92 bits per heavy atom. The number of carbonyl (C=O) groups is 1. The zero-order valence-corrected chi connectivity index (χ0v) is 7.74. The Hall–Kier alpha value is -0.510. The number of pyridine rings is 1. The highest BCUT2D eigenvalue weighted by atomic mass is 35.5. The molecule has 6 heteroatoms. The Bertz CT molecular complexity index is 340. The molecule has 1 aromatic heterocycles. The molecule has 12 heavy (non-hydrogen) atoms. The van der Waals surface area contributed by atoms with Crippen LogP contribution in [0, 0.1) is 0 Å². The molecule has 0 saturated carbocycles. The maximum absolute atomic E-state index is 10.3. The topological polar surface area (TPSA) is 53.0 Å². The van der Waals surface area contributed by atoms with Gasteiger partial charge in [-0.15, -0.1) is 0 Å². The zero-order chi connectivity index (χ0) is 9.30. The SMILES string of the molecule is O=C([O-])c1nc(Cl)c(Cl)cc1Cl. The molecule has 3 nitrogen and oxygen atoms in total. The Morgan fingerprint density at radius 3 is 2.42 bits per heavy atom. The molecule has 0 aromatic carbocycles. The number of aromatic carboxylic acids is 1. The van der Waals surface area contributed by atoms with Gasteiger partial charge in [0.05, 0.1) is 16.0 Å². The summed E-state index contributed by atoms with van der Waals surface area (Å²) in [7, 11) is 0. The minimum atomic E-state index is -1.49. The second-order valence-electron chi connectivity index (χ2n) is 1.88. The molecule has 1 rings (SSSR count). The van der Waals surface area contributed by atoms with E-state index >= 15 is 0 Å². The van der Waals surface area contributed by atoms with Crippen molar-refractivity contribution in [1.29, 1.82) is 0 Å². The quantitative estimate of drug-likeness (QED) is 0.679. The maximum Gasteiger partial charge on any atom is 0.148 e. The summed E-state index contributed by atoms with van der Waals surface area (Å²) in [5.41, 5.74) is -0.411. The fourth-order valence-electron chi connectivity index (χ4n) is 0.587. The molecule has 0 N–H and O–H groups in total. The number of rotatable bonds is 1. The van der Waals surface area contributed by atoms with E-state index in [2.05, 4.69) is 4.98 Å². The average Bonchev–Trinajstić information content (AvgIpc) is 1.96. The van der Waals surface area contributed by atoms with Gasteiger partial charge < -0.3 is 9.90 Å². The Morgan fingerprint density at radius 1 is 1.33 bits per heavy atom. The Balaban J connectivity index is 3.33. The molecule has 0 saturated heterocycles. The molecule has 0 radical (unpaired) electrons. The van der Waals surface area contributed by atoms with Gasteiger partial charge in [-0.3, -0.25) is 0 Å². The van der Waals surface area contributed by atoms with Crippen LogP contribution in [-0.4, -0.2) is 11.0 Å². The third-order valence-corrected chi connectivity index (χ3v) is 2.04. The highest BCUT2D eigenvalue weighted by Gasteiger charge is 2.07. The summed E-state index contributed by atoms with van der Waals surface area (Å²) in [6, 6.07) is 1.20. The van der Waals surface area contributed by atoms with Crippen molar-refractivity contribution >= 4 is 40.8 Å². The third-order valence-electron chi connectivity index (χ3n) is 1.08. The molecular formula is C6HCl3NO2-. The van der Waals surface area contributed by atoms with Gasteiger partial charge in [-0.25, -0.2) is 4.98 Å². The van der Waals surface area contributed by atoms with Gasteiger partial charge in [-0.2, -0.15) is 0 Å². The normalized spacial score (nSPS) is 9.92. The molecule has 0 atom stereocenters. The molecule has 0 unspecified atom stereocenters. The monoisotopic (exact) mass is 224 g/mol. The minimum absolute atomic E-state index is 0.0931. The van der Waals surface area contributed by atoms with Crippen LogP contribution in [0.25, 0.3) is 0 Å². The van der Waals surface area contributed by atoms with Crippen molar-refractivity contribution in [2.24, 2.45) is 0 Å². The number of carboxylic acids is 1. The van der Waals surface area contributed by atoms with Gasteiger partial charge in [0.25, 0.3) is 0 Å². The van der Waals surface area contributed by atoms with E-state index in [0.29, 0.717) is 0 Å². The van der Waals surface area contributed by atoms with E-state index < -0.39 is 11.7 Å². The fourth-order valence-corrected chi connectivity index (χ4v) is 1.16. The van der Waals surface area contributed by atoms with Crippen LogP contribution in [0.1, 0.15) is 10.5 Å². The van der Waals surface area contributed by atoms with Crippen LogP contribution in [0.15, 0.2) is 6.07 Å². The van der Waals surface area contributed by atoms with Gasteiger partial charge in [0, 0.05) is 0 Å². The summed E-state index contributed by atoms with van der Waals surface area (Å²) in [6.07, 6.45) is 0. The summed E-state index contributed by atoms with van der Waals surface area (Å²) in [5.74, 6) is -1.49. The lowest BCUT2D eigenvalue weighted by molar-refractivity contribution is -0.255. The smallest absolute Gasteiger partial charge is 0.148 e. The number of halogens is 3. The predicted molar refractivity (Wildman–Crippen MR) is 43.6 cm³/mol. The van der Waals surface area contributed by atoms with E-state index in [4.69, 9.17) is 34.8 Å². The Labute approximate surface area is 82.9 Å². The van der Waals surface area contributed by atoms with Crippen molar-refractivity contribution in [3.63, 3.8) is 0 Å². The van der Waals surface area contributed by atoms with Crippen molar-refractivity contribution in [2.75, 3.05) is 0 Å². The average molecular weight is 225 g/mol. The van der Waals surface area contributed by atoms with E-state index in [1.165, 1.54) is 6.07 Å². The van der Waals surface area contributed by atoms with E-state index in [1.54, 1.807) is 0 Å². The number of aromatic nitrogens is 1. The van der Waals surface area contributed by atoms with E-state index in [0.717, 1.165) is 0 Å². The lowest BCUT2D eigenvalue weighted by Gasteiger charge is -2.04. The highest BCUT2D eigenvalue weighted by molar-refractivity contribution is 6.42. The van der Waals surface area contributed by atoms with Gasteiger partial charge in [-0.1, -0.05) is 34.8 Å².